The molecule has 1 aliphatic heterocycles. The quantitative estimate of drug-likeness (QED) is 0.647. The Bertz CT molecular complexity index is 971. The van der Waals surface area contributed by atoms with E-state index in [0.29, 0.717) is 25.3 Å². The van der Waals surface area contributed by atoms with Crippen LogP contribution in [0.25, 0.3) is 11.3 Å². The molecule has 1 saturated heterocycles. The van der Waals surface area contributed by atoms with Crippen LogP contribution in [0, 0.1) is 13.8 Å². The van der Waals surface area contributed by atoms with Crippen molar-refractivity contribution in [1.82, 2.24) is 30.2 Å². The molecule has 4 rings (SSSR count). The molecule has 0 N–H and O–H groups in total. The monoisotopic (exact) mass is 394 g/mol. The topological polar surface area (TPSA) is 107 Å². The lowest BCUT2D eigenvalue weighted by atomic mass is 10.1. The Morgan fingerprint density at radius 3 is 2.93 bits per heavy atom. The predicted octanol–water partition coefficient (Wildman–Crippen LogP) is 2.01. The Labute approximate surface area is 168 Å². The van der Waals surface area contributed by atoms with Crippen molar-refractivity contribution in [2.24, 2.45) is 0 Å². The fourth-order valence-corrected chi connectivity index (χ4v) is 3.51. The molecule has 0 bridgehead atoms. The molecule has 1 amide bonds. The maximum absolute atomic E-state index is 12.6. The number of aromatic nitrogens is 5. The third-order valence-corrected chi connectivity index (χ3v) is 4.99. The van der Waals surface area contributed by atoms with Gasteiger partial charge in [-0.1, -0.05) is 5.16 Å². The van der Waals surface area contributed by atoms with Gasteiger partial charge in [0, 0.05) is 18.8 Å². The van der Waals surface area contributed by atoms with Crippen LogP contribution in [0.2, 0.25) is 0 Å². The van der Waals surface area contributed by atoms with Gasteiger partial charge in [-0.05, 0) is 38.8 Å². The molecule has 3 aromatic rings. The molecule has 150 valence electrons. The van der Waals surface area contributed by atoms with Gasteiger partial charge in [-0.25, -0.2) is 9.97 Å². The van der Waals surface area contributed by atoms with Gasteiger partial charge in [-0.15, -0.1) is 0 Å². The lowest BCUT2D eigenvalue weighted by Gasteiger charge is -2.33. The van der Waals surface area contributed by atoms with Crippen LogP contribution >= 0.6 is 0 Å². The molecule has 0 saturated carbocycles. The summed E-state index contributed by atoms with van der Waals surface area (Å²) in [5.74, 6) is 0.693. The first-order chi connectivity index (χ1) is 14.1. The molecular weight excluding hydrogens is 372 g/mol. The van der Waals surface area contributed by atoms with Crippen LogP contribution in [-0.2, 0) is 11.2 Å². The zero-order valence-electron chi connectivity index (χ0n) is 16.4. The molecule has 0 spiro atoms. The summed E-state index contributed by atoms with van der Waals surface area (Å²) in [5.41, 5.74) is 3.98. The van der Waals surface area contributed by atoms with Gasteiger partial charge in [0.05, 0.1) is 47.6 Å². The van der Waals surface area contributed by atoms with E-state index in [1.165, 1.54) is 12.4 Å². The minimum Gasteiger partial charge on any atom is -0.375 e. The summed E-state index contributed by atoms with van der Waals surface area (Å²) in [6, 6.07) is 3.64. The van der Waals surface area contributed by atoms with Crippen molar-refractivity contribution in [1.29, 1.82) is 0 Å². The van der Waals surface area contributed by atoms with Gasteiger partial charge in [-0.3, -0.25) is 4.79 Å². The van der Waals surface area contributed by atoms with E-state index in [-0.39, 0.29) is 12.0 Å². The third kappa shape index (κ3) is 4.29. The van der Waals surface area contributed by atoms with Crippen LogP contribution in [0.1, 0.15) is 33.9 Å². The fraction of sp³-hybridized carbons (Fsp3) is 0.400. The summed E-state index contributed by atoms with van der Waals surface area (Å²) in [7, 11) is 0. The summed E-state index contributed by atoms with van der Waals surface area (Å²) < 4.78 is 11.1. The van der Waals surface area contributed by atoms with E-state index in [2.05, 4.69) is 25.3 Å². The molecule has 0 aromatic carbocycles. The van der Waals surface area contributed by atoms with Gasteiger partial charge < -0.3 is 14.2 Å². The summed E-state index contributed by atoms with van der Waals surface area (Å²) >= 11 is 0. The normalized spacial score (nSPS) is 16.8. The second kappa shape index (κ2) is 8.44. The lowest BCUT2D eigenvalue weighted by Crippen LogP contribution is -2.45. The number of carbonyl (C=O) groups excluding carboxylic acids is 1. The standard InChI is InChI=1S/C20H22N6O3/c1-13-19(14(2)29-25-13)18-9-16(21-12-22-18)3-4-17-11-26(7-8-28-17)20(27)15-5-6-23-24-10-15/h5-6,9-10,12,17H,3-4,7-8,11H2,1-2H3. The van der Waals surface area contributed by atoms with E-state index in [4.69, 9.17) is 9.26 Å². The third-order valence-electron chi connectivity index (χ3n) is 4.99. The molecule has 1 unspecified atom stereocenters. The van der Waals surface area contributed by atoms with Crippen molar-refractivity contribution in [3.63, 3.8) is 0 Å². The number of carbonyl (C=O) groups is 1. The van der Waals surface area contributed by atoms with Gasteiger partial charge in [0.2, 0.25) is 0 Å². The number of hydrogen-bond acceptors (Lipinski definition) is 8. The molecular formula is C20H22N6O3. The molecule has 29 heavy (non-hydrogen) atoms. The maximum Gasteiger partial charge on any atom is 0.255 e. The van der Waals surface area contributed by atoms with Crippen LogP contribution in [0.3, 0.4) is 0 Å². The Morgan fingerprint density at radius 1 is 1.28 bits per heavy atom. The first-order valence-electron chi connectivity index (χ1n) is 9.53. The SMILES string of the molecule is Cc1noc(C)c1-c1cc(CCC2CN(C(=O)c3ccnnc3)CCO2)ncn1. The molecule has 9 nitrogen and oxygen atoms in total. The molecule has 3 aromatic heterocycles. The van der Waals surface area contributed by atoms with Crippen LogP contribution in [0.15, 0.2) is 35.4 Å². The Kier molecular flexibility index (Phi) is 5.57. The van der Waals surface area contributed by atoms with Crippen molar-refractivity contribution in [3.8, 4) is 11.3 Å². The zero-order valence-corrected chi connectivity index (χ0v) is 16.4. The van der Waals surface area contributed by atoms with Crippen molar-refractivity contribution in [2.75, 3.05) is 19.7 Å². The van der Waals surface area contributed by atoms with Crippen LogP contribution < -0.4 is 0 Å². The van der Waals surface area contributed by atoms with Gasteiger partial charge in [0.25, 0.3) is 5.91 Å². The highest BCUT2D eigenvalue weighted by Gasteiger charge is 2.25. The highest BCUT2D eigenvalue weighted by Crippen LogP contribution is 2.25. The first kappa shape index (κ1) is 19.1. The Hall–Kier alpha value is -3.20. The molecule has 0 aliphatic carbocycles. The predicted molar refractivity (Wildman–Crippen MR) is 103 cm³/mol. The van der Waals surface area contributed by atoms with Gasteiger partial charge >= 0.3 is 0 Å². The molecule has 1 atom stereocenters. The maximum atomic E-state index is 12.6. The summed E-state index contributed by atoms with van der Waals surface area (Å²) in [6.07, 6.45) is 6.02. The Morgan fingerprint density at radius 2 is 2.17 bits per heavy atom. The molecule has 0 radical (unpaired) electrons. The minimum absolute atomic E-state index is 0.0417. The van der Waals surface area contributed by atoms with Crippen LogP contribution in [-0.4, -0.2) is 61.9 Å². The number of nitrogens with zero attached hydrogens (tertiary/aromatic N) is 6. The van der Waals surface area contributed by atoms with E-state index >= 15 is 0 Å². The van der Waals surface area contributed by atoms with Crippen molar-refractivity contribution < 1.29 is 14.1 Å². The van der Waals surface area contributed by atoms with Gasteiger partial charge in [0.1, 0.15) is 12.1 Å². The van der Waals surface area contributed by atoms with Crippen molar-refractivity contribution >= 4 is 5.91 Å². The largest absolute Gasteiger partial charge is 0.375 e. The minimum atomic E-state index is -0.0454. The van der Waals surface area contributed by atoms with Crippen LogP contribution in [0.4, 0.5) is 0 Å². The molecule has 1 aliphatic rings. The average Bonchev–Trinajstić information content (AvgIpc) is 3.11. The van der Waals surface area contributed by atoms with E-state index in [1.807, 2.05) is 19.9 Å². The number of ether oxygens (including phenoxy) is 1. The number of rotatable bonds is 5. The summed E-state index contributed by atoms with van der Waals surface area (Å²) in [5, 5.41) is 11.5. The fourth-order valence-electron chi connectivity index (χ4n) is 3.51. The van der Waals surface area contributed by atoms with Crippen molar-refractivity contribution in [3.05, 3.63) is 53.6 Å². The van der Waals surface area contributed by atoms with Crippen LogP contribution in [0.5, 0.6) is 0 Å². The highest BCUT2D eigenvalue weighted by atomic mass is 16.5. The molecule has 1 fully saturated rings. The number of morpholine rings is 1. The molecule has 9 heteroatoms. The molecule has 4 heterocycles. The average molecular weight is 394 g/mol. The second-order valence-corrected chi connectivity index (χ2v) is 7.01. The van der Waals surface area contributed by atoms with E-state index in [0.717, 1.165) is 41.2 Å². The highest BCUT2D eigenvalue weighted by molar-refractivity contribution is 5.93. The summed E-state index contributed by atoms with van der Waals surface area (Å²) in [6.45, 7) is 5.40. The van der Waals surface area contributed by atoms with E-state index < -0.39 is 0 Å². The van der Waals surface area contributed by atoms with E-state index in [9.17, 15) is 4.79 Å². The zero-order chi connectivity index (χ0) is 20.2. The second-order valence-electron chi connectivity index (χ2n) is 7.01. The Balaban J connectivity index is 1.39. The van der Waals surface area contributed by atoms with Gasteiger partial charge in [0.15, 0.2) is 0 Å². The number of aryl methyl sites for hydroxylation is 3. The summed E-state index contributed by atoms with van der Waals surface area (Å²) in [4.78, 5) is 23.2. The van der Waals surface area contributed by atoms with E-state index in [1.54, 1.807) is 17.3 Å². The van der Waals surface area contributed by atoms with Gasteiger partial charge in [-0.2, -0.15) is 10.2 Å². The smallest absolute Gasteiger partial charge is 0.255 e. The first-order valence-corrected chi connectivity index (χ1v) is 9.53. The number of hydrogen-bond donors (Lipinski definition) is 0. The van der Waals surface area contributed by atoms with Crippen molar-refractivity contribution in [2.45, 2.75) is 32.8 Å². The number of amides is 1. The lowest BCUT2D eigenvalue weighted by molar-refractivity contribution is -0.0247.